The van der Waals surface area contributed by atoms with Gasteiger partial charge < -0.3 is 10.1 Å². The fourth-order valence-corrected chi connectivity index (χ4v) is 5.86. The molecule has 4 rings (SSSR count). The van der Waals surface area contributed by atoms with Gasteiger partial charge in [0.05, 0.1) is 20.6 Å². The van der Waals surface area contributed by atoms with Crippen LogP contribution < -0.4 is 5.32 Å². The second-order valence-electron chi connectivity index (χ2n) is 9.38. The van der Waals surface area contributed by atoms with Crippen molar-refractivity contribution in [1.29, 1.82) is 0 Å². The number of aryl methyl sites for hydroxylation is 1. The van der Waals surface area contributed by atoms with Crippen LogP contribution in [0.5, 0.6) is 0 Å². The van der Waals surface area contributed by atoms with Crippen molar-refractivity contribution in [1.82, 2.24) is 10.3 Å². The Bertz CT molecular complexity index is 1150. The molecule has 3 aromatic rings. The molecule has 0 spiro atoms. The van der Waals surface area contributed by atoms with Gasteiger partial charge in [-0.05, 0) is 43.4 Å². The van der Waals surface area contributed by atoms with E-state index in [9.17, 15) is 14.4 Å². The van der Waals surface area contributed by atoms with Crippen LogP contribution in [0.25, 0.3) is 10.2 Å². The lowest BCUT2D eigenvalue weighted by Crippen LogP contribution is -2.38. The summed E-state index contributed by atoms with van der Waals surface area (Å²) in [7, 11) is 0. The molecule has 0 radical (unpaired) electrons. The number of carbonyl (C=O) groups is 3. The first kappa shape index (κ1) is 25.0. The number of aromatic nitrogens is 1. The summed E-state index contributed by atoms with van der Waals surface area (Å²) in [5.74, 6) is -0.510. The molecule has 1 amide bonds. The maximum atomic E-state index is 13.3. The quantitative estimate of drug-likeness (QED) is 0.236. The Kier molecular flexibility index (Phi) is 8.29. The van der Waals surface area contributed by atoms with Crippen LogP contribution in [-0.2, 0) is 27.2 Å². The Morgan fingerprint density at radius 1 is 1.03 bits per heavy atom. The van der Waals surface area contributed by atoms with E-state index in [4.69, 9.17) is 9.72 Å². The highest BCUT2D eigenvalue weighted by molar-refractivity contribution is 7.18. The molecule has 7 heteroatoms. The first-order valence-corrected chi connectivity index (χ1v) is 13.2. The van der Waals surface area contributed by atoms with Gasteiger partial charge in [0.2, 0.25) is 5.91 Å². The van der Waals surface area contributed by atoms with E-state index >= 15 is 0 Å². The zero-order chi connectivity index (χ0) is 24.7. The predicted molar refractivity (Wildman–Crippen MR) is 138 cm³/mol. The molecular weight excluding hydrogens is 460 g/mol. The highest BCUT2D eigenvalue weighted by Crippen LogP contribution is 2.41. The summed E-state index contributed by atoms with van der Waals surface area (Å²) in [5.41, 5.74) is 1.98. The number of rotatable bonds is 10. The second-order valence-corrected chi connectivity index (χ2v) is 10.5. The van der Waals surface area contributed by atoms with Gasteiger partial charge in [-0.1, -0.05) is 55.7 Å². The molecule has 1 fully saturated rings. The molecule has 0 aliphatic heterocycles. The summed E-state index contributed by atoms with van der Waals surface area (Å²) in [5, 5.41) is 3.73. The zero-order valence-corrected chi connectivity index (χ0v) is 21.0. The lowest BCUT2D eigenvalue weighted by Gasteiger charge is -2.34. The van der Waals surface area contributed by atoms with E-state index in [-0.39, 0.29) is 24.3 Å². The Morgan fingerprint density at radius 3 is 2.49 bits per heavy atom. The number of thiazole rings is 1. The number of nitrogens with zero attached hydrogens (tertiary/aromatic N) is 1. The van der Waals surface area contributed by atoms with Crippen molar-refractivity contribution in [3.63, 3.8) is 0 Å². The normalized spacial score (nSPS) is 15.0. The number of benzene rings is 2. The number of para-hydroxylation sites is 1. The van der Waals surface area contributed by atoms with Gasteiger partial charge in [0.25, 0.3) is 0 Å². The maximum Gasteiger partial charge on any atom is 0.312 e. The van der Waals surface area contributed by atoms with Gasteiger partial charge in [0.1, 0.15) is 0 Å². The monoisotopic (exact) mass is 492 g/mol. The van der Waals surface area contributed by atoms with Gasteiger partial charge >= 0.3 is 5.97 Å². The van der Waals surface area contributed by atoms with E-state index in [1.165, 1.54) is 6.92 Å². The summed E-state index contributed by atoms with van der Waals surface area (Å²) in [6.45, 7) is 1.89. The molecule has 0 atom stereocenters. The molecule has 2 aromatic carbocycles. The number of amides is 1. The molecule has 1 aliphatic rings. The summed E-state index contributed by atoms with van der Waals surface area (Å²) in [6.07, 6.45) is 6.83. The van der Waals surface area contributed by atoms with Gasteiger partial charge in [-0.15, -0.1) is 11.3 Å². The molecule has 184 valence electrons. The van der Waals surface area contributed by atoms with Crippen LogP contribution in [-0.4, -0.2) is 35.8 Å². The minimum Gasteiger partial charge on any atom is -0.457 e. The smallest absolute Gasteiger partial charge is 0.312 e. The van der Waals surface area contributed by atoms with Gasteiger partial charge in [0, 0.05) is 25.5 Å². The minimum atomic E-state index is -0.607. The first-order valence-electron chi connectivity index (χ1n) is 12.3. The summed E-state index contributed by atoms with van der Waals surface area (Å²) in [4.78, 5) is 41.7. The molecule has 1 aliphatic carbocycles. The SMILES string of the molecule is CC(=O)NCCCc1ccc(C(=O)COC(=O)C2(Cc3nc4ccccc4s3)CCCCC2)cc1. The number of hydrogen-bond donors (Lipinski definition) is 1. The van der Waals surface area contributed by atoms with Crippen LogP contribution in [0.15, 0.2) is 48.5 Å². The molecule has 1 N–H and O–H groups in total. The average molecular weight is 493 g/mol. The molecule has 1 saturated carbocycles. The van der Waals surface area contributed by atoms with Crippen molar-refractivity contribution in [2.24, 2.45) is 5.41 Å². The highest BCUT2D eigenvalue weighted by atomic mass is 32.1. The number of carbonyl (C=O) groups excluding carboxylic acids is 3. The first-order chi connectivity index (χ1) is 16.9. The number of esters is 1. The molecule has 6 nitrogen and oxygen atoms in total. The minimum absolute atomic E-state index is 0.0319. The predicted octanol–water partition coefficient (Wildman–Crippen LogP) is 5.28. The second kappa shape index (κ2) is 11.6. The number of ether oxygens (including phenoxy) is 1. The van der Waals surface area contributed by atoms with Crippen molar-refractivity contribution < 1.29 is 19.1 Å². The van der Waals surface area contributed by atoms with Crippen LogP contribution >= 0.6 is 11.3 Å². The van der Waals surface area contributed by atoms with E-state index in [0.29, 0.717) is 18.5 Å². The number of ketones is 1. The Labute approximate surface area is 210 Å². The molecular formula is C28H32N2O4S. The van der Waals surface area contributed by atoms with E-state index in [0.717, 1.165) is 65.7 Å². The van der Waals surface area contributed by atoms with Gasteiger partial charge in [-0.3, -0.25) is 14.4 Å². The van der Waals surface area contributed by atoms with Crippen molar-refractivity contribution in [2.75, 3.05) is 13.2 Å². The average Bonchev–Trinajstić information content (AvgIpc) is 3.28. The van der Waals surface area contributed by atoms with Gasteiger partial charge in [0.15, 0.2) is 12.4 Å². The number of hydrogen-bond acceptors (Lipinski definition) is 6. The fraction of sp³-hybridized carbons (Fsp3) is 0.429. The highest BCUT2D eigenvalue weighted by Gasteiger charge is 2.42. The third-order valence-electron chi connectivity index (χ3n) is 6.70. The van der Waals surface area contributed by atoms with E-state index in [1.54, 1.807) is 23.5 Å². The lowest BCUT2D eigenvalue weighted by atomic mass is 9.72. The van der Waals surface area contributed by atoms with E-state index < -0.39 is 5.41 Å². The Morgan fingerprint density at radius 2 is 1.77 bits per heavy atom. The van der Waals surface area contributed by atoms with E-state index in [2.05, 4.69) is 11.4 Å². The van der Waals surface area contributed by atoms with E-state index in [1.807, 2.05) is 30.3 Å². The van der Waals surface area contributed by atoms with Crippen molar-refractivity contribution in [2.45, 2.75) is 58.3 Å². The standard InChI is InChI=1S/C28H32N2O4S/c1-20(31)29-17-7-8-21-11-13-22(14-12-21)24(32)19-34-27(33)28(15-5-2-6-16-28)18-26-30-23-9-3-4-10-25(23)35-26/h3-4,9-14H,2,5-8,15-19H2,1H3,(H,29,31). The zero-order valence-electron chi connectivity index (χ0n) is 20.2. The summed E-state index contributed by atoms with van der Waals surface area (Å²) < 4.78 is 6.75. The molecule has 0 saturated heterocycles. The Hall–Kier alpha value is -3.06. The number of nitrogens with one attached hydrogen (secondary N) is 1. The van der Waals surface area contributed by atoms with Crippen LogP contribution in [0.2, 0.25) is 0 Å². The maximum absolute atomic E-state index is 13.3. The van der Waals surface area contributed by atoms with Gasteiger partial charge in [-0.25, -0.2) is 4.98 Å². The fourth-order valence-electron chi connectivity index (χ4n) is 4.75. The van der Waals surface area contributed by atoms with Crippen LogP contribution in [0.4, 0.5) is 0 Å². The van der Waals surface area contributed by atoms with Crippen LogP contribution in [0.1, 0.15) is 66.4 Å². The largest absolute Gasteiger partial charge is 0.457 e. The van der Waals surface area contributed by atoms with Gasteiger partial charge in [-0.2, -0.15) is 0 Å². The molecule has 0 bridgehead atoms. The van der Waals surface area contributed by atoms with Crippen molar-refractivity contribution >= 4 is 39.2 Å². The third kappa shape index (κ3) is 6.54. The molecule has 1 heterocycles. The number of fused-ring (bicyclic) bond motifs is 1. The molecule has 35 heavy (non-hydrogen) atoms. The summed E-state index contributed by atoms with van der Waals surface area (Å²) >= 11 is 1.63. The summed E-state index contributed by atoms with van der Waals surface area (Å²) in [6, 6.07) is 15.4. The van der Waals surface area contributed by atoms with Crippen molar-refractivity contribution in [3.05, 3.63) is 64.7 Å². The lowest BCUT2D eigenvalue weighted by molar-refractivity contribution is -0.157. The third-order valence-corrected chi connectivity index (χ3v) is 7.73. The van der Waals surface area contributed by atoms with Crippen LogP contribution in [0.3, 0.4) is 0 Å². The topological polar surface area (TPSA) is 85.4 Å². The molecule has 1 aromatic heterocycles. The number of Topliss-reactive ketones (excluding diaryl/α,β-unsaturated/α-hetero) is 1. The molecule has 0 unspecified atom stereocenters. The van der Waals surface area contributed by atoms with Crippen molar-refractivity contribution in [3.8, 4) is 0 Å². The Balaban J connectivity index is 1.35. The van der Waals surface area contributed by atoms with Crippen LogP contribution in [0, 0.1) is 5.41 Å².